The third kappa shape index (κ3) is 4.28. The Bertz CT molecular complexity index is 646. The van der Waals surface area contributed by atoms with Gasteiger partial charge in [0.2, 0.25) is 0 Å². The zero-order valence-corrected chi connectivity index (χ0v) is 14.1. The van der Waals surface area contributed by atoms with E-state index in [2.05, 4.69) is 17.0 Å². The van der Waals surface area contributed by atoms with Crippen LogP contribution in [0.2, 0.25) is 0 Å². The number of rotatable bonds is 7. The Morgan fingerprint density at radius 3 is 2.38 bits per heavy atom. The lowest BCUT2D eigenvalue weighted by atomic mass is 10.1. The molecule has 1 atom stereocenters. The van der Waals surface area contributed by atoms with Crippen molar-refractivity contribution in [3.05, 3.63) is 60.2 Å². The summed E-state index contributed by atoms with van der Waals surface area (Å²) in [6.07, 6.45) is 0.719. The van der Waals surface area contributed by atoms with Gasteiger partial charge in [0.05, 0.1) is 6.61 Å². The average molecular weight is 327 g/mol. The Kier molecular flexibility index (Phi) is 5.38. The van der Waals surface area contributed by atoms with E-state index >= 15 is 0 Å². The Morgan fingerprint density at radius 2 is 1.67 bits per heavy atom. The van der Waals surface area contributed by atoms with Crippen molar-refractivity contribution in [3.63, 3.8) is 0 Å². The molecule has 0 saturated carbocycles. The fourth-order valence-electron chi connectivity index (χ4n) is 3.09. The second kappa shape index (κ2) is 7.69. The molecule has 0 amide bonds. The van der Waals surface area contributed by atoms with Gasteiger partial charge in [-0.2, -0.15) is 0 Å². The van der Waals surface area contributed by atoms with E-state index in [1.807, 2.05) is 49.4 Å². The van der Waals surface area contributed by atoms with Crippen molar-refractivity contribution in [1.82, 2.24) is 4.90 Å². The second-order valence-corrected chi connectivity index (χ2v) is 6.34. The fraction of sp³-hybridized carbons (Fsp3) is 0.400. The summed E-state index contributed by atoms with van der Waals surface area (Å²) in [7, 11) is 0. The molecule has 0 aromatic heterocycles. The second-order valence-electron chi connectivity index (χ2n) is 6.34. The SMILES string of the molecule is CCOc1ccccc1OCC1(O)CCN(Cc2ccccc2)C1. The number of β-amino-alcohol motifs (C(OH)–C–C–N with tert-alkyl or cyclic N) is 1. The predicted octanol–water partition coefficient (Wildman–Crippen LogP) is 3.10. The van der Waals surface area contributed by atoms with Gasteiger partial charge in [0.1, 0.15) is 12.2 Å². The Balaban J connectivity index is 1.56. The minimum absolute atomic E-state index is 0.280. The molecule has 2 aromatic carbocycles. The summed E-state index contributed by atoms with van der Waals surface area (Å²) in [4.78, 5) is 2.27. The highest BCUT2D eigenvalue weighted by atomic mass is 16.5. The molecule has 1 saturated heterocycles. The number of nitrogens with zero attached hydrogens (tertiary/aromatic N) is 1. The van der Waals surface area contributed by atoms with E-state index in [0.717, 1.165) is 25.3 Å². The van der Waals surface area contributed by atoms with Crippen LogP contribution >= 0.6 is 0 Å². The Hall–Kier alpha value is -2.04. The molecule has 3 rings (SSSR count). The van der Waals surface area contributed by atoms with Gasteiger partial charge < -0.3 is 14.6 Å². The van der Waals surface area contributed by atoms with E-state index in [1.165, 1.54) is 5.56 Å². The predicted molar refractivity (Wildman–Crippen MR) is 94.4 cm³/mol. The lowest BCUT2D eigenvalue weighted by Crippen LogP contribution is -2.39. The summed E-state index contributed by atoms with van der Waals surface area (Å²) in [5, 5.41) is 10.8. The van der Waals surface area contributed by atoms with Crippen LogP contribution in [0, 0.1) is 0 Å². The highest BCUT2D eigenvalue weighted by Crippen LogP contribution is 2.29. The molecule has 0 radical (unpaired) electrons. The van der Waals surface area contributed by atoms with Gasteiger partial charge in [-0.1, -0.05) is 42.5 Å². The fourth-order valence-corrected chi connectivity index (χ4v) is 3.09. The minimum Gasteiger partial charge on any atom is -0.490 e. The number of likely N-dealkylation sites (tertiary alicyclic amines) is 1. The van der Waals surface area contributed by atoms with Crippen LogP contribution in [0.1, 0.15) is 18.9 Å². The number of hydrogen-bond acceptors (Lipinski definition) is 4. The molecule has 1 aliphatic heterocycles. The number of aliphatic hydroxyl groups is 1. The first-order chi connectivity index (χ1) is 11.7. The normalized spacial score (nSPS) is 20.9. The molecule has 1 unspecified atom stereocenters. The maximum absolute atomic E-state index is 10.8. The van der Waals surface area contributed by atoms with Crippen molar-refractivity contribution in [2.75, 3.05) is 26.3 Å². The molecule has 128 valence electrons. The first kappa shape index (κ1) is 16.8. The van der Waals surface area contributed by atoms with Gasteiger partial charge in [0.15, 0.2) is 11.5 Å². The van der Waals surface area contributed by atoms with Crippen LogP contribution in [0.15, 0.2) is 54.6 Å². The number of benzene rings is 2. The van der Waals surface area contributed by atoms with Gasteiger partial charge in [0.25, 0.3) is 0 Å². The zero-order valence-electron chi connectivity index (χ0n) is 14.1. The van der Waals surface area contributed by atoms with Crippen LogP contribution in [0.5, 0.6) is 11.5 Å². The maximum atomic E-state index is 10.8. The van der Waals surface area contributed by atoms with Gasteiger partial charge in [-0.05, 0) is 31.0 Å². The summed E-state index contributed by atoms with van der Waals surface area (Å²) >= 11 is 0. The molecule has 1 N–H and O–H groups in total. The van der Waals surface area contributed by atoms with E-state index in [1.54, 1.807) is 0 Å². The molecule has 24 heavy (non-hydrogen) atoms. The third-order valence-corrected chi connectivity index (χ3v) is 4.31. The highest BCUT2D eigenvalue weighted by molar-refractivity contribution is 5.39. The zero-order chi connectivity index (χ0) is 16.8. The highest BCUT2D eigenvalue weighted by Gasteiger charge is 2.37. The van der Waals surface area contributed by atoms with E-state index in [4.69, 9.17) is 9.47 Å². The van der Waals surface area contributed by atoms with E-state index in [9.17, 15) is 5.11 Å². The van der Waals surface area contributed by atoms with Crippen LogP contribution in [0.4, 0.5) is 0 Å². The van der Waals surface area contributed by atoms with E-state index < -0.39 is 5.60 Å². The molecular weight excluding hydrogens is 302 g/mol. The van der Waals surface area contributed by atoms with Crippen LogP contribution in [0.25, 0.3) is 0 Å². The molecule has 4 nitrogen and oxygen atoms in total. The smallest absolute Gasteiger partial charge is 0.161 e. The molecule has 0 bridgehead atoms. The van der Waals surface area contributed by atoms with Gasteiger partial charge >= 0.3 is 0 Å². The number of ether oxygens (including phenoxy) is 2. The molecule has 2 aromatic rings. The monoisotopic (exact) mass is 327 g/mol. The lowest BCUT2D eigenvalue weighted by molar-refractivity contribution is 0.00259. The molecule has 0 spiro atoms. The summed E-state index contributed by atoms with van der Waals surface area (Å²) in [6, 6.07) is 18.0. The van der Waals surface area contributed by atoms with Crippen molar-refractivity contribution >= 4 is 0 Å². The summed E-state index contributed by atoms with van der Waals surface area (Å²) < 4.78 is 11.4. The Morgan fingerprint density at radius 1 is 1.00 bits per heavy atom. The summed E-state index contributed by atoms with van der Waals surface area (Å²) in [6.45, 7) is 5.18. The lowest BCUT2D eigenvalue weighted by Gasteiger charge is -2.24. The molecule has 0 aliphatic carbocycles. The molecular formula is C20H25NO3. The van der Waals surface area contributed by atoms with E-state index in [0.29, 0.717) is 18.9 Å². The first-order valence-electron chi connectivity index (χ1n) is 8.52. The first-order valence-corrected chi connectivity index (χ1v) is 8.52. The molecule has 1 fully saturated rings. The number of hydrogen-bond donors (Lipinski definition) is 1. The van der Waals surface area contributed by atoms with Crippen molar-refractivity contribution in [2.45, 2.75) is 25.5 Å². The third-order valence-electron chi connectivity index (χ3n) is 4.31. The van der Waals surface area contributed by atoms with Crippen molar-refractivity contribution < 1.29 is 14.6 Å². The Labute approximate surface area is 143 Å². The molecule has 1 heterocycles. The molecule has 1 aliphatic rings. The van der Waals surface area contributed by atoms with Gasteiger partial charge in [-0.15, -0.1) is 0 Å². The van der Waals surface area contributed by atoms with Gasteiger partial charge in [-0.25, -0.2) is 0 Å². The maximum Gasteiger partial charge on any atom is 0.161 e. The van der Waals surface area contributed by atoms with Crippen LogP contribution in [-0.4, -0.2) is 41.9 Å². The van der Waals surface area contributed by atoms with Crippen LogP contribution < -0.4 is 9.47 Å². The van der Waals surface area contributed by atoms with Crippen molar-refractivity contribution in [3.8, 4) is 11.5 Å². The van der Waals surface area contributed by atoms with Crippen LogP contribution in [-0.2, 0) is 6.54 Å². The quantitative estimate of drug-likeness (QED) is 0.848. The van der Waals surface area contributed by atoms with Crippen LogP contribution in [0.3, 0.4) is 0 Å². The van der Waals surface area contributed by atoms with Crippen molar-refractivity contribution in [2.24, 2.45) is 0 Å². The van der Waals surface area contributed by atoms with E-state index in [-0.39, 0.29) is 6.61 Å². The van der Waals surface area contributed by atoms with Gasteiger partial charge in [-0.3, -0.25) is 4.90 Å². The summed E-state index contributed by atoms with van der Waals surface area (Å²) in [5.74, 6) is 1.41. The number of para-hydroxylation sites is 2. The topological polar surface area (TPSA) is 41.9 Å². The van der Waals surface area contributed by atoms with Gasteiger partial charge in [0, 0.05) is 19.6 Å². The largest absolute Gasteiger partial charge is 0.490 e. The minimum atomic E-state index is -0.811. The molecule has 4 heteroatoms. The van der Waals surface area contributed by atoms with Crippen molar-refractivity contribution in [1.29, 1.82) is 0 Å². The standard InChI is InChI=1S/C20H25NO3/c1-2-23-18-10-6-7-11-19(18)24-16-20(22)12-13-21(15-20)14-17-8-4-3-5-9-17/h3-11,22H,2,12-16H2,1H3. The average Bonchev–Trinajstić information content (AvgIpc) is 2.97. The summed E-state index contributed by atoms with van der Waals surface area (Å²) in [5.41, 5.74) is 0.457.